The highest BCUT2D eigenvalue weighted by Crippen LogP contribution is 2.23. The number of benzene rings is 1. The molecule has 3 atom stereocenters. The molecule has 0 saturated carbocycles. The van der Waals surface area contributed by atoms with Crippen LogP contribution in [-0.2, 0) is 19.6 Å². The number of aliphatic hydroxyl groups is 1. The fraction of sp³-hybridized carbons (Fsp3) is 0.533. The van der Waals surface area contributed by atoms with Crippen LogP contribution in [0, 0.1) is 6.92 Å². The van der Waals surface area contributed by atoms with E-state index < -0.39 is 34.2 Å². The summed E-state index contributed by atoms with van der Waals surface area (Å²) in [4.78, 5) is 10.9. The number of aliphatic carboxylic acids is 1. The molecule has 1 heterocycles. The highest BCUT2D eigenvalue weighted by Gasteiger charge is 2.34. The van der Waals surface area contributed by atoms with E-state index in [1.165, 1.54) is 12.1 Å². The molecule has 23 heavy (non-hydrogen) atoms. The summed E-state index contributed by atoms with van der Waals surface area (Å²) >= 11 is 0. The van der Waals surface area contributed by atoms with Crippen molar-refractivity contribution in [1.82, 2.24) is 4.72 Å². The number of carboxylic acids is 1. The predicted octanol–water partition coefficient (Wildman–Crippen LogP) is 0.657. The monoisotopic (exact) mass is 343 g/mol. The van der Waals surface area contributed by atoms with E-state index in [4.69, 9.17) is 9.84 Å². The lowest BCUT2D eigenvalue weighted by Gasteiger charge is -2.35. The quantitative estimate of drug-likeness (QED) is 0.699. The number of aryl methyl sites for hydroxylation is 1. The molecule has 0 amide bonds. The number of carbonyl (C=O) groups is 1. The molecule has 0 aromatic heterocycles. The molecule has 1 aromatic rings. The lowest BCUT2D eigenvalue weighted by Crippen LogP contribution is -2.51. The van der Waals surface area contributed by atoms with Gasteiger partial charge in [0.25, 0.3) is 0 Å². The van der Waals surface area contributed by atoms with E-state index in [9.17, 15) is 18.3 Å². The average molecular weight is 343 g/mol. The summed E-state index contributed by atoms with van der Waals surface area (Å²) in [5.74, 6) is -0.981. The van der Waals surface area contributed by atoms with Crippen LogP contribution in [0.5, 0.6) is 0 Å². The molecule has 128 valence electrons. The van der Waals surface area contributed by atoms with E-state index in [1.807, 2.05) is 6.92 Å². The molecule has 2 rings (SSSR count). The Hall–Kier alpha value is -1.48. The molecule has 3 N–H and O–H groups in total. The molecule has 1 aliphatic rings. The Labute approximate surface area is 135 Å². The Morgan fingerprint density at radius 2 is 1.96 bits per heavy atom. The summed E-state index contributed by atoms with van der Waals surface area (Å²) in [5, 5.41) is 18.2. The van der Waals surface area contributed by atoms with Crippen LogP contribution in [0.3, 0.4) is 0 Å². The van der Waals surface area contributed by atoms with Gasteiger partial charge in [0.05, 0.1) is 36.2 Å². The van der Waals surface area contributed by atoms with Gasteiger partial charge in [-0.3, -0.25) is 4.79 Å². The predicted molar refractivity (Wildman–Crippen MR) is 82.5 cm³/mol. The van der Waals surface area contributed by atoms with Crippen LogP contribution >= 0.6 is 0 Å². The van der Waals surface area contributed by atoms with Crippen LogP contribution in [0.25, 0.3) is 0 Å². The summed E-state index contributed by atoms with van der Waals surface area (Å²) < 4.78 is 32.8. The van der Waals surface area contributed by atoms with Crippen LogP contribution in [0.1, 0.15) is 24.8 Å². The lowest BCUT2D eigenvalue weighted by atomic mass is 9.98. The minimum atomic E-state index is -3.72. The van der Waals surface area contributed by atoms with Gasteiger partial charge < -0.3 is 14.9 Å². The number of rotatable bonds is 6. The fourth-order valence-corrected chi connectivity index (χ4v) is 3.89. The second-order valence-corrected chi connectivity index (χ2v) is 7.41. The van der Waals surface area contributed by atoms with Gasteiger partial charge in [-0.25, -0.2) is 13.1 Å². The van der Waals surface area contributed by atoms with Crippen molar-refractivity contribution < 1.29 is 28.2 Å². The minimum absolute atomic E-state index is 0.146. The van der Waals surface area contributed by atoms with Crippen molar-refractivity contribution >= 4 is 16.0 Å². The normalized spacial score (nSPS) is 25.2. The van der Waals surface area contributed by atoms with Gasteiger partial charge >= 0.3 is 5.97 Å². The number of carboxylic acid groups (broad SMARTS) is 1. The molecule has 1 aliphatic heterocycles. The van der Waals surface area contributed by atoms with Crippen LogP contribution < -0.4 is 4.72 Å². The number of hydrogen-bond acceptors (Lipinski definition) is 5. The molecule has 1 fully saturated rings. The topological polar surface area (TPSA) is 113 Å². The Kier molecular flexibility index (Phi) is 5.74. The number of nitrogens with one attached hydrogen (secondary N) is 1. The fourth-order valence-electron chi connectivity index (χ4n) is 2.60. The smallest absolute Gasteiger partial charge is 0.305 e. The van der Waals surface area contributed by atoms with E-state index in [1.54, 1.807) is 12.1 Å². The number of ether oxygens (including phenoxy) is 1. The number of hydrogen-bond donors (Lipinski definition) is 3. The first-order chi connectivity index (χ1) is 10.8. The highest BCUT2D eigenvalue weighted by molar-refractivity contribution is 7.89. The van der Waals surface area contributed by atoms with Gasteiger partial charge in [0.2, 0.25) is 10.0 Å². The van der Waals surface area contributed by atoms with Crippen molar-refractivity contribution in [3.05, 3.63) is 29.8 Å². The molecule has 0 bridgehead atoms. The second-order valence-electron chi connectivity index (χ2n) is 5.70. The molecule has 7 nitrogen and oxygen atoms in total. The molecule has 8 heteroatoms. The lowest BCUT2D eigenvalue weighted by molar-refractivity contribution is -0.145. The zero-order valence-electron chi connectivity index (χ0n) is 12.8. The summed E-state index contributed by atoms with van der Waals surface area (Å²) in [6, 6.07) is 5.86. The summed E-state index contributed by atoms with van der Waals surface area (Å²) in [7, 11) is -3.72. The molecule has 0 aliphatic carbocycles. The summed E-state index contributed by atoms with van der Waals surface area (Å²) in [6.45, 7) is 1.49. The summed E-state index contributed by atoms with van der Waals surface area (Å²) in [5.41, 5.74) is 0.953. The van der Waals surface area contributed by atoms with Crippen molar-refractivity contribution in [3.8, 4) is 0 Å². The number of aliphatic hydroxyl groups excluding tert-OH is 1. The van der Waals surface area contributed by atoms with E-state index in [0.29, 0.717) is 12.8 Å². The second kappa shape index (κ2) is 7.39. The van der Waals surface area contributed by atoms with Gasteiger partial charge in [-0.15, -0.1) is 0 Å². The zero-order valence-corrected chi connectivity index (χ0v) is 13.6. The highest BCUT2D eigenvalue weighted by atomic mass is 32.2. The molecule has 1 aromatic carbocycles. The minimum Gasteiger partial charge on any atom is -0.481 e. The molecule has 1 saturated heterocycles. The zero-order chi connectivity index (χ0) is 17.0. The average Bonchev–Trinajstić information content (AvgIpc) is 2.48. The maximum atomic E-state index is 12.4. The van der Waals surface area contributed by atoms with Crippen molar-refractivity contribution in [2.24, 2.45) is 0 Å². The van der Waals surface area contributed by atoms with E-state index in [2.05, 4.69) is 4.72 Å². The van der Waals surface area contributed by atoms with Crippen LogP contribution in [0.4, 0.5) is 0 Å². The maximum Gasteiger partial charge on any atom is 0.305 e. The first kappa shape index (κ1) is 17.9. The molecular weight excluding hydrogens is 322 g/mol. The van der Waals surface area contributed by atoms with Crippen molar-refractivity contribution in [1.29, 1.82) is 0 Å². The molecule has 0 unspecified atom stereocenters. The maximum absolute atomic E-state index is 12.4. The van der Waals surface area contributed by atoms with Gasteiger partial charge in [-0.05, 0) is 31.9 Å². The Balaban J connectivity index is 2.06. The van der Waals surface area contributed by atoms with Gasteiger partial charge in [-0.1, -0.05) is 17.7 Å². The third-order valence-electron chi connectivity index (χ3n) is 3.84. The van der Waals surface area contributed by atoms with Crippen LogP contribution in [0.2, 0.25) is 0 Å². The van der Waals surface area contributed by atoms with Gasteiger partial charge in [0.15, 0.2) is 0 Å². The molecular formula is C15H21NO6S. The molecule has 0 radical (unpaired) electrons. The first-order valence-corrected chi connectivity index (χ1v) is 8.87. The van der Waals surface area contributed by atoms with Gasteiger partial charge in [0, 0.05) is 0 Å². The van der Waals surface area contributed by atoms with Crippen LogP contribution in [0.15, 0.2) is 29.2 Å². The third kappa shape index (κ3) is 4.74. The van der Waals surface area contributed by atoms with E-state index >= 15 is 0 Å². The van der Waals surface area contributed by atoms with Crippen molar-refractivity contribution in [3.63, 3.8) is 0 Å². The molecule has 0 spiro atoms. The standard InChI is InChI=1S/C15H21NO6S/c1-10-2-5-12(6-3-10)23(20,21)16-13-7-4-11(8-15(18)19)22-14(13)9-17/h2-3,5-6,11,13-14,16-17H,4,7-9H2,1H3,(H,18,19)/t11-,13+,14+/m1/s1. The Bertz CT molecular complexity index is 642. The SMILES string of the molecule is Cc1ccc(S(=O)(=O)N[C@H]2CC[C@H](CC(=O)O)O[C@H]2CO)cc1. The van der Waals surface area contributed by atoms with Gasteiger partial charge in [-0.2, -0.15) is 0 Å². The van der Waals surface area contributed by atoms with Crippen molar-refractivity contribution in [2.45, 2.75) is 49.3 Å². The van der Waals surface area contributed by atoms with Crippen LogP contribution in [-0.4, -0.2) is 49.5 Å². The van der Waals surface area contributed by atoms with Crippen molar-refractivity contribution in [2.75, 3.05) is 6.61 Å². The Morgan fingerprint density at radius 1 is 1.30 bits per heavy atom. The van der Waals surface area contributed by atoms with E-state index in [0.717, 1.165) is 5.56 Å². The third-order valence-corrected chi connectivity index (χ3v) is 5.34. The first-order valence-electron chi connectivity index (χ1n) is 7.39. The number of sulfonamides is 1. The van der Waals surface area contributed by atoms with Gasteiger partial charge in [0.1, 0.15) is 0 Å². The van der Waals surface area contributed by atoms with E-state index in [-0.39, 0.29) is 17.9 Å². The Morgan fingerprint density at radius 3 is 2.52 bits per heavy atom. The largest absolute Gasteiger partial charge is 0.481 e. The summed E-state index contributed by atoms with van der Waals surface area (Å²) in [6.07, 6.45) is -0.593.